The Bertz CT molecular complexity index is 641. The van der Waals surface area contributed by atoms with E-state index in [2.05, 4.69) is 0 Å². The number of benzene rings is 1. The molecule has 94 valence electrons. The van der Waals surface area contributed by atoms with Crippen molar-refractivity contribution in [1.29, 1.82) is 0 Å². The third-order valence-electron chi connectivity index (χ3n) is 2.35. The summed E-state index contributed by atoms with van der Waals surface area (Å²) in [5.74, 6) is -0.827. The third-order valence-corrected chi connectivity index (χ3v) is 2.35. The van der Waals surface area contributed by atoms with Crippen molar-refractivity contribution in [2.75, 3.05) is 6.61 Å². The molecule has 5 nitrogen and oxygen atoms in total. The maximum atomic E-state index is 11.8. The highest BCUT2D eigenvalue weighted by atomic mass is 16.5. The lowest BCUT2D eigenvalue weighted by Crippen LogP contribution is -2.10. The Morgan fingerprint density at radius 1 is 1.39 bits per heavy atom. The van der Waals surface area contributed by atoms with E-state index in [4.69, 9.17) is 9.15 Å². The average molecular weight is 248 g/mol. The van der Waals surface area contributed by atoms with Gasteiger partial charge in [-0.3, -0.25) is 4.79 Å². The fourth-order valence-electron chi connectivity index (χ4n) is 1.51. The molecule has 0 saturated heterocycles. The monoisotopic (exact) mass is 248 g/mol. The molecule has 1 N–H and O–H groups in total. The molecule has 0 spiro atoms. The van der Waals surface area contributed by atoms with Gasteiger partial charge in [0.1, 0.15) is 11.3 Å². The van der Waals surface area contributed by atoms with Crippen molar-refractivity contribution in [2.24, 2.45) is 0 Å². The molecule has 0 fully saturated rings. The van der Waals surface area contributed by atoms with Crippen LogP contribution in [-0.2, 0) is 4.74 Å². The molecular weight excluding hydrogens is 236 g/mol. The summed E-state index contributed by atoms with van der Waals surface area (Å²) < 4.78 is 10.2. The Labute approximate surface area is 103 Å². The first-order valence-corrected chi connectivity index (χ1v) is 5.56. The number of esters is 1. The molecule has 1 heterocycles. The van der Waals surface area contributed by atoms with Crippen LogP contribution in [0.15, 0.2) is 33.5 Å². The highest BCUT2D eigenvalue weighted by Crippen LogP contribution is 2.18. The molecule has 0 saturated carbocycles. The second kappa shape index (κ2) is 4.91. The van der Waals surface area contributed by atoms with E-state index >= 15 is 0 Å². The minimum atomic E-state index is -0.663. The number of ether oxygens (including phenoxy) is 1. The summed E-state index contributed by atoms with van der Waals surface area (Å²) in [4.78, 5) is 23.3. The molecule has 0 aliphatic heterocycles. The van der Waals surface area contributed by atoms with Gasteiger partial charge in [0.2, 0.25) is 5.76 Å². The van der Waals surface area contributed by atoms with Crippen LogP contribution in [-0.4, -0.2) is 17.7 Å². The van der Waals surface area contributed by atoms with Crippen molar-refractivity contribution in [3.8, 4) is 5.75 Å². The minimum Gasteiger partial charge on any atom is -0.508 e. The lowest BCUT2D eigenvalue weighted by atomic mass is 10.2. The van der Waals surface area contributed by atoms with E-state index in [1.54, 1.807) is 0 Å². The van der Waals surface area contributed by atoms with Gasteiger partial charge >= 0.3 is 5.97 Å². The number of carbonyl (C=O) groups excluding carboxylic acids is 1. The second-order valence-electron chi connectivity index (χ2n) is 3.79. The van der Waals surface area contributed by atoms with Crippen LogP contribution >= 0.6 is 0 Å². The van der Waals surface area contributed by atoms with Gasteiger partial charge in [0.25, 0.3) is 0 Å². The topological polar surface area (TPSA) is 76.7 Å². The van der Waals surface area contributed by atoms with Gasteiger partial charge in [-0.2, -0.15) is 0 Å². The number of hydrogen-bond acceptors (Lipinski definition) is 5. The smallest absolute Gasteiger partial charge is 0.374 e. The quantitative estimate of drug-likeness (QED) is 0.841. The highest BCUT2D eigenvalue weighted by molar-refractivity contribution is 5.89. The molecule has 1 aromatic heterocycles. The van der Waals surface area contributed by atoms with E-state index in [1.165, 1.54) is 18.2 Å². The lowest BCUT2D eigenvalue weighted by molar-refractivity contribution is 0.0469. The molecule has 0 unspecified atom stereocenters. The number of carbonyl (C=O) groups is 1. The number of phenolic OH excluding ortho intramolecular Hbond substituents is 1. The van der Waals surface area contributed by atoms with E-state index in [-0.39, 0.29) is 29.1 Å². The zero-order chi connectivity index (χ0) is 13.1. The Balaban J connectivity index is 2.46. The van der Waals surface area contributed by atoms with Crippen molar-refractivity contribution < 1.29 is 19.1 Å². The van der Waals surface area contributed by atoms with Crippen LogP contribution in [0.2, 0.25) is 0 Å². The van der Waals surface area contributed by atoms with E-state index in [0.29, 0.717) is 6.42 Å². The van der Waals surface area contributed by atoms with Gasteiger partial charge in [0, 0.05) is 6.07 Å². The van der Waals surface area contributed by atoms with Crippen LogP contribution in [0.25, 0.3) is 11.0 Å². The van der Waals surface area contributed by atoms with Gasteiger partial charge in [-0.05, 0) is 24.6 Å². The summed E-state index contributed by atoms with van der Waals surface area (Å²) in [7, 11) is 0. The van der Waals surface area contributed by atoms with Gasteiger partial charge in [0.05, 0.1) is 12.0 Å². The predicted octanol–water partition coefficient (Wildman–Crippen LogP) is 2.07. The molecule has 0 aliphatic carbocycles. The van der Waals surface area contributed by atoms with Gasteiger partial charge in [-0.1, -0.05) is 6.92 Å². The van der Waals surface area contributed by atoms with Crippen LogP contribution in [0.3, 0.4) is 0 Å². The molecule has 2 rings (SSSR count). The van der Waals surface area contributed by atoms with Crippen LogP contribution in [0.5, 0.6) is 5.75 Å². The first-order chi connectivity index (χ1) is 8.61. The summed E-state index contributed by atoms with van der Waals surface area (Å²) in [6, 6.07) is 5.18. The Morgan fingerprint density at radius 2 is 2.17 bits per heavy atom. The Kier molecular flexibility index (Phi) is 3.32. The summed E-state index contributed by atoms with van der Waals surface area (Å²) in [5, 5.41) is 9.50. The Morgan fingerprint density at radius 3 is 2.89 bits per heavy atom. The first kappa shape index (κ1) is 12.2. The van der Waals surface area contributed by atoms with Gasteiger partial charge in [0.15, 0.2) is 5.43 Å². The van der Waals surface area contributed by atoms with Crippen LogP contribution in [0, 0.1) is 0 Å². The van der Waals surface area contributed by atoms with Crippen LogP contribution in [0.4, 0.5) is 0 Å². The normalized spacial score (nSPS) is 10.5. The van der Waals surface area contributed by atoms with E-state index < -0.39 is 11.4 Å². The SMILES string of the molecule is CCCOC(=O)c1cc(=O)c2cc(O)ccc2o1. The molecule has 0 amide bonds. The molecule has 5 heteroatoms. The number of fused-ring (bicyclic) bond motifs is 1. The van der Waals surface area contributed by atoms with Crippen LogP contribution < -0.4 is 5.43 Å². The fraction of sp³-hybridized carbons (Fsp3) is 0.231. The maximum Gasteiger partial charge on any atom is 0.374 e. The lowest BCUT2D eigenvalue weighted by Gasteiger charge is -2.03. The largest absolute Gasteiger partial charge is 0.508 e. The summed E-state index contributed by atoms with van der Waals surface area (Å²) in [6.07, 6.45) is 0.692. The van der Waals surface area contributed by atoms with Crippen LogP contribution in [0.1, 0.15) is 23.9 Å². The third kappa shape index (κ3) is 2.34. The number of phenols is 1. The molecule has 0 atom stereocenters. The summed E-state index contributed by atoms with van der Waals surface area (Å²) in [6.45, 7) is 2.14. The van der Waals surface area contributed by atoms with E-state index in [9.17, 15) is 14.7 Å². The summed E-state index contributed by atoms with van der Waals surface area (Å²) >= 11 is 0. The van der Waals surface area contributed by atoms with E-state index in [1.807, 2.05) is 6.92 Å². The molecule has 0 radical (unpaired) electrons. The molecular formula is C13H12O5. The zero-order valence-electron chi connectivity index (χ0n) is 9.80. The molecule has 0 aliphatic rings. The van der Waals surface area contributed by atoms with Crippen molar-refractivity contribution in [3.05, 3.63) is 40.2 Å². The van der Waals surface area contributed by atoms with Crippen molar-refractivity contribution in [2.45, 2.75) is 13.3 Å². The van der Waals surface area contributed by atoms with E-state index in [0.717, 1.165) is 6.07 Å². The fourth-order valence-corrected chi connectivity index (χ4v) is 1.51. The maximum absolute atomic E-state index is 11.8. The molecule has 18 heavy (non-hydrogen) atoms. The minimum absolute atomic E-state index is 0.0314. The number of aromatic hydroxyl groups is 1. The van der Waals surface area contributed by atoms with Crippen molar-refractivity contribution >= 4 is 16.9 Å². The van der Waals surface area contributed by atoms with Gasteiger partial charge in [-0.25, -0.2) is 4.79 Å². The predicted molar refractivity (Wildman–Crippen MR) is 64.7 cm³/mol. The second-order valence-corrected chi connectivity index (χ2v) is 3.79. The first-order valence-electron chi connectivity index (χ1n) is 5.56. The van der Waals surface area contributed by atoms with Crippen molar-refractivity contribution in [1.82, 2.24) is 0 Å². The standard InChI is InChI=1S/C13H12O5/c1-2-5-17-13(16)12-7-10(15)9-6-8(14)3-4-11(9)18-12/h3-4,6-7,14H,2,5H2,1H3. The molecule has 2 aromatic rings. The zero-order valence-corrected chi connectivity index (χ0v) is 9.80. The molecule has 0 bridgehead atoms. The van der Waals surface area contributed by atoms with Gasteiger partial charge in [-0.15, -0.1) is 0 Å². The van der Waals surface area contributed by atoms with Gasteiger partial charge < -0.3 is 14.3 Å². The Hall–Kier alpha value is -2.30. The summed E-state index contributed by atoms with van der Waals surface area (Å²) in [5.41, 5.74) is -0.153. The number of rotatable bonds is 3. The highest BCUT2D eigenvalue weighted by Gasteiger charge is 2.13. The van der Waals surface area contributed by atoms with Crippen molar-refractivity contribution in [3.63, 3.8) is 0 Å². The average Bonchev–Trinajstić information content (AvgIpc) is 2.36. The number of hydrogen-bond donors (Lipinski definition) is 1. The molecule has 1 aromatic carbocycles.